The van der Waals surface area contributed by atoms with E-state index in [2.05, 4.69) is 16.0 Å². The lowest BCUT2D eigenvalue weighted by Crippen LogP contribution is -2.30. The standard InChI is InChI=1S/C24H28N2O2/c1-6-16-26(17-7-1)18-8-9-19-27-22-12-4-2-10-20(22)14-15-24-25-21-11-3-5-13-23(21)28-24/h2-5,10-15H,1,6-9,16-19H2/b15-14+. The number of hydrogen-bond acceptors (Lipinski definition) is 4. The van der Waals surface area contributed by atoms with E-state index in [0.717, 1.165) is 35.4 Å². The van der Waals surface area contributed by atoms with Crippen LogP contribution in [0.25, 0.3) is 23.3 Å². The highest BCUT2D eigenvalue weighted by Gasteiger charge is 2.09. The highest BCUT2D eigenvalue weighted by atomic mass is 16.5. The fourth-order valence-corrected chi connectivity index (χ4v) is 3.67. The molecule has 1 aliphatic rings. The minimum Gasteiger partial charge on any atom is -0.493 e. The molecule has 4 nitrogen and oxygen atoms in total. The molecule has 4 rings (SSSR count). The lowest BCUT2D eigenvalue weighted by atomic mass is 10.1. The van der Waals surface area contributed by atoms with E-state index in [-0.39, 0.29) is 0 Å². The van der Waals surface area contributed by atoms with Gasteiger partial charge in [-0.3, -0.25) is 0 Å². The highest BCUT2D eigenvalue weighted by molar-refractivity contribution is 5.76. The van der Waals surface area contributed by atoms with E-state index < -0.39 is 0 Å². The number of oxazole rings is 1. The number of piperidine rings is 1. The maximum atomic E-state index is 6.05. The molecule has 1 fully saturated rings. The summed E-state index contributed by atoms with van der Waals surface area (Å²) >= 11 is 0. The van der Waals surface area contributed by atoms with Gasteiger partial charge in [0.2, 0.25) is 5.89 Å². The number of nitrogens with zero attached hydrogens (tertiary/aromatic N) is 2. The molecule has 0 saturated carbocycles. The van der Waals surface area contributed by atoms with Gasteiger partial charge < -0.3 is 14.1 Å². The summed E-state index contributed by atoms with van der Waals surface area (Å²) in [5, 5.41) is 0. The van der Waals surface area contributed by atoms with Crippen LogP contribution in [-0.2, 0) is 0 Å². The van der Waals surface area contributed by atoms with Crippen molar-refractivity contribution in [3.05, 3.63) is 60.0 Å². The number of rotatable bonds is 8. The van der Waals surface area contributed by atoms with Crippen LogP contribution in [-0.4, -0.2) is 36.1 Å². The lowest BCUT2D eigenvalue weighted by Gasteiger charge is -2.26. The Labute approximate surface area is 166 Å². The lowest BCUT2D eigenvalue weighted by molar-refractivity contribution is 0.216. The predicted molar refractivity (Wildman–Crippen MR) is 114 cm³/mol. The summed E-state index contributed by atoms with van der Waals surface area (Å²) in [5.41, 5.74) is 2.72. The number of likely N-dealkylation sites (tertiary alicyclic amines) is 1. The molecule has 3 aromatic rings. The second-order valence-corrected chi connectivity index (χ2v) is 7.35. The van der Waals surface area contributed by atoms with Gasteiger partial charge in [-0.1, -0.05) is 36.8 Å². The normalized spacial score (nSPS) is 15.4. The Hall–Kier alpha value is -2.59. The first-order valence-electron chi connectivity index (χ1n) is 10.4. The van der Waals surface area contributed by atoms with Gasteiger partial charge in [-0.25, -0.2) is 4.98 Å². The first kappa shape index (κ1) is 18.8. The third-order valence-electron chi connectivity index (χ3n) is 5.21. The molecule has 0 N–H and O–H groups in total. The molecule has 146 valence electrons. The molecule has 0 amide bonds. The van der Waals surface area contributed by atoms with Crippen LogP contribution in [0.3, 0.4) is 0 Å². The van der Waals surface area contributed by atoms with Gasteiger partial charge in [-0.2, -0.15) is 0 Å². The summed E-state index contributed by atoms with van der Waals surface area (Å²) in [6.45, 7) is 4.48. The topological polar surface area (TPSA) is 38.5 Å². The van der Waals surface area contributed by atoms with Crippen LogP contribution in [0.15, 0.2) is 52.9 Å². The summed E-state index contributed by atoms with van der Waals surface area (Å²) < 4.78 is 11.8. The van der Waals surface area contributed by atoms with E-state index >= 15 is 0 Å². The molecular formula is C24H28N2O2. The van der Waals surface area contributed by atoms with Crippen LogP contribution in [0.2, 0.25) is 0 Å². The first-order valence-corrected chi connectivity index (χ1v) is 10.4. The fourth-order valence-electron chi connectivity index (χ4n) is 3.67. The highest BCUT2D eigenvalue weighted by Crippen LogP contribution is 2.22. The minimum atomic E-state index is 0.609. The van der Waals surface area contributed by atoms with Crippen LogP contribution in [0.1, 0.15) is 43.6 Å². The minimum absolute atomic E-state index is 0.609. The van der Waals surface area contributed by atoms with Gasteiger partial charge in [0.1, 0.15) is 11.3 Å². The molecule has 2 heterocycles. The Balaban J connectivity index is 1.30. The van der Waals surface area contributed by atoms with E-state index in [0.29, 0.717) is 5.89 Å². The number of fused-ring (bicyclic) bond motifs is 1. The maximum absolute atomic E-state index is 6.05. The molecular weight excluding hydrogens is 348 g/mol. The van der Waals surface area contributed by atoms with Gasteiger partial charge in [0, 0.05) is 11.6 Å². The molecule has 1 aliphatic heterocycles. The van der Waals surface area contributed by atoms with Crippen molar-refractivity contribution in [2.75, 3.05) is 26.2 Å². The molecule has 0 atom stereocenters. The average Bonchev–Trinajstić information content (AvgIpc) is 3.16. The van der Waals surface area contributed by atoms with Crippen molar-refractivity contribution in [2.45, 2.75) is 32.1 Å². The first-order chi connectivity index (χ1) is 13.9. The quantitative estimate of drug-likeness (QED) is 0.477. The van der Waals surface area contributed by atoms with Gasteiger partial charge in [0.15, 0.2) is 5.58 Å². The van der Waals surface area contributed by atoms with Crippen LogP contribution < -0.4 is 4.74 Å². The average molecular weight is 376 g/mol. The van der Waals surface area contributed by atoms with Crippen molar-refractivity contribution in [3.8, 4) is 5.75 Å². The van der Waals surface area contributed by atoms with Crippen LogP contribution in [0, 0.1) is 0 Å². The Morgan fingerprint density at radius 1 is 0.929 bits per heavy atom. The predicted octanol–water partition coefficient (Wildman–Crippen LogP) is 5.64. The largest absolute Gasteiger partial charge is 0.493 e. The third kappa shape index (κ3) is 5.02. The third-order valence-corrected chi connectivity index (χ3v) is 5.21. The molecule has 0 unspecified atom stereocenters. The zero-order valence-electron chi connectivity index (χ0n) is 16.3. The van der Waals surface area contributed by atoms with Crippen molar-refractivity contribution >= 4 is 23.3 Å². The second kappa shape index (κ2) is 9.56. The Morgan fingerprint density at radius 2 is 1.75 bits per heavy atom. The van der Waals surface area contributed by atoms with Gasteiger partial charge in [-0.15, -0.1) is 0 Å². The Bertz CT molecular complexity index is 877. The zero-order chi connectivity index (χ0) is 19.0. The summed E-state index contributed by atoms with van der Waals surface area (Å²) in [6.07, 6.45) is 10.3. The molecule has 0 radical (unpaired) electrons. The molecule has 1 saturated heterocycles. The maximum Gasteiger partial charge on any atom is 0.220 e. The Kier molecular flexibility index (Phi) is 6.40. The Morgan fingerprint density at radius 3 is 2.64 bits per heavy atom. The molecule has 0 bridgehead atoms. The van der Waals surface area contributed by atoms with E-state index in [9.17, 15) is 0 Å². The van der Waals surface area contributed by atoms with Gasteiger partial charge in [0.05, 0.1) is 6.61 Å². The number of ether oxygens (including phenoxy) is 1. The van der Waals surface area contributed by atoms with Crippen LogP contribution in [0.4, 0.5) is 0 Å². The van der Waals surface area contributed by atoms with E-state index in [1.807, 2.05) is 54.6 Å². The van der Waals surface area contributed by atoms with Crippen LogP contribution >= 0.6 is 0 Å². The van der Waals surface area contributed by atoms with Gasteiger partial charge in [0.25, 0.3) is 0 Å². The number of benzene rings is 2. The van der Waals surface area contributed by atoms with Crippen molar-refractivity contribution in [1.82, 2.24) is 9.88 Å². The number of unbranched alkanes of at least 4 members (excludes halogenated alkanes) is 1. The second-order valence-electron chi connectivity index (χ2n) is 7.35. The molecule has 1 aromatic heterocycles. The van der Waals surface area contributed by atoms with Crippen molar-refractivity contribution in [3.63, 3.8) is 0 Å². The molecule has 0 aliphatic carbocycles. The monoisotopic (exact) mass is 376 g/mol. The molecule has 2 aromatic carbocycles. The van der Waals surface area contributed by atoms with Gasteiger partial charge in [-0.05, 0) is 69.6 Å². The number of para-hydroxylation sites is 3. The van der Waals surface area contributed by atoms with E-state index in [1.54, 1.807) is 0 Å². The van der Waals surface area contributed by atoms with E-state index in [4.69, 9.17) is 9.15 Å². The fraction of sp³-hybridized carbons (Fsp3) is 0.375. The molecule has 28 heavy (non-hydrogen) atoms. The summed E-state index contributed by atoms with van der Waals surface area (Å²) in [5.74, 6) is 1.52. The number of aromatic nitrogens is 1. The zero-order valence-corrected chi connectivity index (χ0v) is 16.3. The smallest absolute Gasteiger partial charge is 0.220 e. The van der Waals surface area contributed by atoms with E-state index in [1.165, 1.54) is 45.3 Å². The SMILES string of the molecule is C(=C\c1ccccc1OCCCCN1CCCCC1)/c1nc2ccccc2o1. The van der Waals surface area contributed by atoms with Gasteiger partial charge >= 0.3 is 0 Å². The van der Waals surface area contributed by atoms with Crippen molar-refractivity contribution in [2.24, 2.45) is 0 Å². The summed E-state index contributed by atoms with van der Waals surface area (Å²) in [6, 6.07) is 15.9. The molecule has 0 spiro atoms. The van der Waals surface area contributed by atoms with Crippen molar-refractivity contribution < 1.29 is 9.15 Å². The molecule has 4 heteroatoms. The summed E-state index contributed by atoms with van der Waals surface area (Å²) in [4.78, 5) is 7.07. The van der Waals surface area contributed by atoms with Crippen LogP contribution in [0.5, 0.6) is 5.75 Å². The summed E-state index contributed by atoms with van der Waals surface area (Å²) in [7, 11) is 0. The number of hydrogen-bond donors (Lipinski definition) is 0. The van der Waals surface area contributed by atoms with Crippen molar-refractivity contribution in [1.29, 1.82) is 0 Å².